The molecule has 0 spiro atoms. The van der Waals surface area contributed by atoms with E-state index in [4.69, 9.17) is 16.3 Å². The quantitative estimate of drug-likeness (QED) is 0.910. The Morgan fingerprint density at radius 1 is 1.39 bits per heavy atom. The van der Waals surface area contributed by atoms with E-state index in [0.29, 0.717) is 32.8 Å². The van der Waals surface area contributed by atoms with Crippen LogP contribution in [0.1, 0.15) is 5.56 Å². The third-order valence-corrected chi connectivity index (χ3v) is 3.11. The Morgan fingerprint density at radius 3 is 2.89 bits per heavy atom. The molecule has 18 heavy (non-hydrogen) atoms. The Kier molecular flexibility index (Phi) is 4.84. The van der Waals surface area contributed by atoms with Gasteiger partial charge in [-0.25, -0.2) is 4.79 Å². The molecule has 1 aromatic rings. The van der Waals surface area contributed by atoms with Gasteiger partial charge in [-0.1, -0.05) is 23.7 Å². The van der Waals surface area contributed by atoms with Gasteiger partial charge in [0.2, 0.25) is 0 Å². The second-order valence-electron chi connectivity index (χ2n) is 4.21. The van der Waals surface area contributed by atoms with Crippen molar-refractivity contribution in [3.63, 3.8) is 0 Å². The summed E-state index contributed by atoms with van der Waals surface area (Å²) < 4.78 is 5.20. The van der Waals surface area contributed by atoms with Crippen LogP contribution in [-0.2, 0) is 11.2 Å². The standard InChI is InChI=1S/C13H17ClN2O2/c14-12-3-1-2-11(10-12)4-5-15-13(17)16-6-8-18-9-7-16/h1-3,10H,4-9H2,(H,15,17). The first kappa shape index (κ1) is 13.2. The minimum atomic E-state index is -0.0136. The fraction of sp³-hybridized carbons (Fsp3) is 0.462. The van der Waals surface area contributed by atoms with Gasteiger partial charge in [-0.2, -0.15) is 0 Å². The molecular weight excluding hydrogens is 252 g/mol. The summed E-state index contributed by atoms with van der Waals surface area (Å²) in [6, 6.07) is 7.67. The van der Waals surface area contributed by atoms with E-state index in [1.807, 2.05) is 24.3 Å². The highest BCUT2D eigenvalue weighted by Gasteiger charge is 2.15. The van der Waals surface area contributed by atoms with Crippen molar-refractivity contribution in [3.05, 3.63) is 34.9 Å². The molecule has 1 aliphatic rings. The van der Waals surface area contributed by atoms with Gasteiger partial charge in [-0.05, 0) is 24.1 Å². The summed E-state index contributed by atoms with van der Waals surface area (Å²) >= 11 is 5.90. The monoisotopic (exact) mass is 268 g/mol. The average Bonchev–Trinajstić information content (AvgIpc) is 2.40. The number of hydrogen-bond acceptors (Lipinski definition) is 2. The zero-order valence-electron chi connectivity index (χ0n) is 10.2. The van der Waals surface area contributed by atoms with Crippen molar-refractivity contribution in [1.29, 1.82) is 0 Å². The third-order valence-electron chi connectivity index (χ3n) is 2.88. The van der Waals surface area contributed by atoms with E-state index in [-0.39, 0.29) is 6.03 Å². The van der Waals surface area contributed by atoms with Gasteiger partial charge in [0.1, 0.15) is 0 Å². The van der Waals surface area contributed by atoms with Gasteiger partial charge in [0.05, 0.1) is 13.2 Å². The minimum absolute atomic E-state index is 0.0136. The normalized spacial score (nSPS) is 15.5. The lowest BCUT2D eigenvalue weighted by atomic mass is 10.1. The van der Waals surface area contributed by atoms with Crippen LogP contribution < -0.4 is 5.32 Å². The van der Waals surface area contributed by atoms with Crippen LogP contribution in [-0.4, -0.2) is 43.8 Å². The number of urea groups is 1. The Labute approximate surface area is 112 Å². The van der Waals surface area contributed by atoms with E-state index in [1.165, 1.54) is 0 Å². The number of ether oxygens (including phenoxy) is 1. The molecule has 1 N–H and O–H groups in total. The number of amides is 2. The van der Waals surface area contributed by atoms with Crippen LogP contribution in [0.4, 0.5) is 4.79 Å². The summed E-state index contributed by atoms with van der Waals surface area (Å²) in [6.07, 6.45) is 0.788. The number of halogens is 1. The maximum Gasteiger partial charge on any atom is 0.317 e. The molecule has 2 rings (SSSR count). The van der Waals surface area contributed by atoms with Crippen molar-refractivity contribution >= 4 is 17.6 Å². The molecule has 1 heterocycles. The van der Waals surface area contributed by atoms with E-state index < -0.39 is 0 Å². The second kappa shape index (κ2) is 6.61. The molecule has 2 amide bonds. The van der Waals surface area contributed by atoms with Crippen LogP contribution in [0, 0.1) is 0 Å². The number of hydrogen-bond donors (Lipinski definition) is 1. The number of carbonyl (C=O) groups excluding carboxylic acids is 1. The molecule has 98 valence electrons. The SMILES string of the molecule is O=C(NCCc1cccc(Cl)c1)N1CCOCC1. The first-order valence-corrected chi connectivity index (χ1v) is 6.48. The third kappa shape index (κ3) is 3.89. The molecule has 1 saturated heterocycles. The summed E-state index contributed by atoms with van der Waals surface area (Å²) in [7, 11) is 0. The summed E-state index contributed by atoms with van der Waals surface area (Å²) in [5, 5.41) is 3.64. The van der Waals surface area contributed by atoms with Crippen molar-refractivity contribution in [3.8, 4) is 0 Å². The summed E-state index contributed by atoms with van der Waals surface area (Å²) in [6.45, 7) is 3.21. The van der Waals surface area contributed by atoms with Crippen molar-refractivity contribution in [2.24, 2.45) is 0 Å². The predicted molar refractivity (Wildman–Crippen MR) is 70.9 cm³/mol. The Morgan fingerprint density at radius 2 is 2.17 bits per heavy atom. The molecule has 1 fully saturated rings. The Bertz CT molecular complexity index is 406. The number of nitrogens with one attached hydrogen (secondary N) is 1. The maximum atomic E-state index is 11.8. The van der Waals surface area contributed by atoms with Crippen molar-refractivity contribution in [2.75, 3.05) is 32.8 Å². The molecule has 0 aliphatic carbocycles. The molecular formula is C13H17ClN2O2. The van der Waals surface area contributed by atoms with Crippen LogP contribution >= 0.6 is 11.6 Å². The highest BCUT2D eigenvalue weighted by molar-refractivity contribution is 6.30. The van der Waals surface area contributed by atoms with Crippen LogP contribution in [0.2, 0.25) is 5.02 Å². The minimum Gasteiger partial charge on any atom is -0.378 e. The van der Waals surface area contributed by atoms with E-state index in [9.17, 15) is 4.79 Å². The highest BCUT2D eigenvalue weighted by Crippen LogP contribution is 2.10. The van der Waals surface area contributed by atoms with Crippen LogP contribution in [0.25, 0.3) is 0 Å². The Balaban J connectivity index is 1.73. The summed E-state index contributed by atoms with van der Waals surface area (Å²) in [4.78, 5) is 13.6. The molecule has 0 unspecified atom stereocenters. The largest absolute Gasteiger partial charge is 0.378 e. The molecule has 0 aromatic heterocycles. The topological polar surface area (TPSA) is 41.6 Å². The maximum absolute atomic E-state index is 11.8. The van der Waals surface area contributed by atoms with Gasteiger partial charge in [-0.15, -0.1) is 0 Å². The van der Waals surface area contributed by atoms with Gasteiger partial charge in [-0.3, -0.25) is 0 Å². The smallest absolute Gasteiger partial charge is 0.317 e. The van der Waals surface area contributed by atoms with Crippen molar-refractivity contribution in [1.82, 2.24) is 10.2 Å². The molecule has 4 nitrogen and oxygen atoms in total. The number of rotatable bonds is 3. The van der Waals surface area contributed by atoms with E-state index >= 15 is 0 Å². The van der Waals surface area contributed by atoms with E-state index in [0.717, 1.165) is 17.0 Å². The fourth-order valence-corrected chi connectivity index (χ4v) is 2.10. The van der Waals surface area contributed by atoms with Crippen LogP contribution in [0.5, 0.6) is 0 Å². The van der Waals surface area contributed by atoms with Gasteiger partial charge in [0.25, 0.3) is 0 Å². The van der Waals surface area contributed by atoms with Gasteiger partial charge < -0.3 is 15.0 Å². The lowest BCUT2D eigenvalue weighted by Gasteiger charge is -2.26. The Hall–Kier alpha value is -1.26. The first-order chi connectivity index (χ1) is 8.75. The zero-order chi connectivity index (χ0) is 12.8. The lowest BCUT2D eigenvalue weighted by molar-refractivity contribution is 0.0533. The molecule has 0 saturated carbocycles. The molecule has 1 aromatic carbocycles. The summed E-state index contributed by atoms with van der Waals surface area (Å²) in [5.41, 5.74) is 1.13. The van der Waals surface area contributed by atoms with Crippen molar-refractivity contribution in [2.45, 2.75) is 6.42 Å². The van der Waals surface area contributed by atoms with Crippen molar-refractivity contribution < 1.29 is 9.53 Å². The predicted octanol–water partition coefficient (Wildman–Crippen LogP) is 1.92. The lowest BCUT2D eigenvalue weighted by Crippen LogP contribution is -2.46. The number of carbonyl (C=O) groups is 1. The van der Waals surface area contributed by atoms with Gasteiger partial charge >= 0.3 is 6.03 Å². The average molecular weight is 269 g/mol. The molecule has 5 heteroatoms. The molecule has 0 radical (unpaired) electrons. The molecule has 0 atom stereocenters. The highest BCUT2D eigenvalue weighted by atomic mass is 35.5. The first-order valence-electron chi connectivity index (χ1n) is 6.10. The fourth-order valence-electron chi connectivity index (χ4n) is 1.88. The van der Waals surface area contributed by atoms with Crippen LogP contribution in [0.3, 0.4) is 0 Å². The second-order valence-corrected chi connectivity index (χ2v) is 4.65. The molecule has 0 bridgehead atoms. The van der Waals surface area contributed by atoms with E-state index in [1.54, 1.807) is 4.90 Å². The summed E-state index contributed by atoms with van der Waals surface area (Å²) in [5.74, 6) is 0. The van der Waals surface area contributed by atoms with Gasteiger partial charge in [0.15, 0.2) is 0 Å². The number of morpholine rings is 1. The number of benzene rings is 1. The zero-order valence-corrected chi connectivity index (χ0v) is 10.9. The number of nitrogens with zero attached hydrogens (tertiary/aromatic N) is 1. The van der Waals surface area contributed by atoms with Crippen LogP contribution in [0.15, 0.2) is 24.3 Å². The van der Waals surface area contributed by atoms with E-state index in [2.05, 4.69) is 5.32 Å². The van der Waals surface area contributed by atoms with Gasteiger partial charge in [0, 0.05) is 24.7 Å². The molecule has 1 aliphatic heterocycles.